The zero-order valence-electron chi connectivity index (χ0n) is 16.3. The van der Waals surface area contributed by atoms with Gasteiger partial charge in [-0.15, -0.1) is 0 Å². The molecule has 2 aromatic carbocycles. The average Bonchev–Trinajstić information content (AvgIpc) is 2.63. The molecule has 0 radical (unpaired) electrons. The van der Waals surface area contributed by atoms with Gasteiger partial charge in [0, 0.05) is 26.6 Å². The van der Waals surface area contributed by atoms with Crippen molar-refractivity contribution in [2.24, 2.45) is 0 Å². The highest BCUT2D eigenvalue weighted by Crippen LogP contribution is 2.14. The van der Waals surface area contributed by atoms with E-state index in [2.05, 4.69) is 37.0 Å². The maximum absolute atomic E-state index is 12.6. The first kappa shape index (κ1) is 18.8. The second-order valence-electron chi connectivity index (χ2n) is 7.14. The van der Waals surface area contributed by atoms with Crippen LogP contribution in [0.4, 0.5) is 0 Å². The van der Waals surface area contributed by atoms with E-state index in [1.54, 1.807) is 18.0 Å². The fourth-order valence-corrected chi connectivity index (χ4v) is 3.27. The first-order chi connectivity index (χ1) is 12.9. The van der Waals surface area contributed by atoms with Crippen LogP contribution in [0.5, 0.6) is 0 Å². The van der Waals surface area contributed by atoms with Gasteiger partial charge in [-0.2, -0.15) is 0 Å². The normalized spacial score (nSPS) is 11.0. The van der Waals surface area contributed by atoms with Gasteiger partial charge in [0.2, 0.25) is 5.91 Å². The molecule has 140 valence electrons. The molecule has 0 aliphatic rings. The number of carbonyl (C=O) groups excluding carboxylic acids is 1. The number of nitrogens with zero attached hydrogens (tertiary/aromatic N) is 3. The highest BCUT2D eigenvalue weighted by Gasteiger charge is 2.12. The molecule has 5 nitrogen and oxygen atoms in total. The average molecular weight is 363 g/mol. The number of para-hydroxylation sites is 1. The molecule has 0 aliphatic carbocycles. The van der Waals surface area contributed by atoms with Crippen molar-refractivity contribution in [1.82, 2.24) is 14.5 Å². The number of benzene rings is 2. The Labute approximate surface area is 159 Å². The number of carbonyl (C=O) groups is 1. The van der Waals surface area contributed by atoms with E-state index in [9.17, 15) is 9.59 Å². The van der Waals surface area contributed by atoms with E-state index in [0.29, 0.717) is 18.5 Å². The number of aryl methyl sites for hydroxylation is 4. The third-order valence-electron chi connectivity index (χ3n) is 4.95. The number of rotatable bonds is 5. The Morgan fingerprint density at radius 3 is 2.63 bits per heavy atom. The van der Waals surface area contributed by atoms with E-state index in [-0.39, 0.29) is 17.9 Å². The first-order valence-electron chi connectivity index (χ1n) is 9.11. The largest absolute Gasteiger partial charge is 0.341 e. The van der Waals surface area contributed by atoms with Crippen LogP contribution in [-0.2, 0) is 17.9 Å². The molecule has 0 atom stereocenters. The molecule has 0 spiro atoms. The van der Waals surface area contributed by atoms with Gasteiger partial charge < -0.3 is 4.90 Å². The summed E-state index contributed by atoms with van der Waals surface area (Å²) in [5.74, 6) is 0.00575. The van der Waals surface area contributed by atoms with Gasteiger partial charge in [-0.05, 0) is 43.5 Å². The van der Waals surface area contributed by atoms with Crippen molar-refractivity contribution in [2.75, 3.05) is 7.05 Å². The molecule has 1 amide bonds. The van der Waals surface area contributed by atoms with Crippen LogP contribution in [0.3, 0.4) is 0 Å². The molecule has 0 unspecified atom stereocenters. The summed E-state index contributed by atoms with van der Waals surface area (Å²) in [5.41, 5.74) is 5.12. The molecule has 1 heterocycles. The zero-order chi connectivity index (χ0) is 19.6. The summed E-state index contributed by atoms with van der Waals surface area (Å²) in [6.45, 7) is 6.94. The molecule has 5 heteroatoms. The molecule has 1 aromatic heterocycles. The third-order valence-corrected chi connectivity index (χ3v) is 4.95. The van der Waals surface area contributed by atoms with Crippen molar-refractivity contribution in [3.63, 3.8) is 0 Å². The number of amides is 1. The van der Waals surface area contributed by atoms with Crippen LogP contribution in [0.1, 0.15) is 28.7 Å². The molecule has 3 rings (SSSR count). The number of aromatic nitrogens is 2. The molecule has 0 N–H and O–H groups in total. The van der Waals surface area contributed by atoms with Crippen molar-refractivity contribution >= 4 is 16.8 Å². The van der Waals surface area contributed by atoms with Crippen molar-refractivity contribution in [1.29, 1.82) is 0 Å². The van der Waals surface area contributed by atoms with Crippen LogP contribution in [0.25, 0.3) is 10.9 Å². The van der Waals surface area contributed by atoms with Gasteiger partial charge >= 0.3 is 0 Å². The summed E-state index contributed by atoms with van der Waals surface area (Å²) >= 11 is 0. The Balaban J connectivity index is 1.69. The van der Waals surface area contributed by atoms with Crippen LogP contribution in [-0.4, -0.2) is 27.4 Å². The third kappa shape index (κ3) is 4.08. The molecule has 0 saturated heterocycles. The zero-order valence-corrected chi connectivity index (χ0v) is 16.3. The molecule has 3 aromatic rings. The highest BCUT2D eigenvalue weighted by atomic mass is 16.2. The maximum Gasteiger partial charge on any atom is 0.261 e. The van der Waals surface area contributed by atoms with Gasteiger partial charge in [0.15, 0.2) is 0 Å². The van der Waals surface area contributed by atoms with Gasteiger partial charge in [0.05, 0.1) is 17.2 Å². The van der Waals surface area contributed by atoms with Crippen LogP contribution >= 0.6 is 0 Å². The monoisotopic (exact) mass is 363 g/mol. The second kappa shape index (κ2) is 7.74. The maximum atomic E-state index is 12.6. The van der Waals surface area contributed by atoms with Crippen LogP contribution in [0, 0.1) is 20.8 Å². The van der Waals surface area contributed by atoms with E-state index in [1.165, 1.54) is 22.0 Å². The Morgan fingerprint density at radius 2 is 1.89 bits per heavy atom. The number of hydrogen-bond acceptors (Lipinski definition) is 3. The molecule has 0 bridgehead atoms. The van der Waals surface area contributed by atoms with Crippen LogP contribution < -0.4 is 5.56 Å². The summed E-state index contributed by atoms with van der Waals surface area (Å²) in [7, 11) is 1.80. The number of fused-ring (bicyclic) bond motifs is 1. The van der Waals surface area contributed by atoms with Gasteiger partial charge in [-0.3, -0.25) is 14.2 Å². The molecular weight excluding hydrogens is 338 g/mol. The van der Waals surface area contributed by atoms with Crippen LogP contribution in [0.15, 0.2) is 47.5 Å². The summed E-state index contributed by atoms with van der Waals surface area (Å²) in [6, 6.07) is 11.8. The van der Waals surface area contributed by atoms with E-state index in [4.69, 9.17) is 0 Å². The lowest BCUT2D eigenvalue weighted by Gasteiger charge is -2.19. The Morgan fingerprint density at radius 1 is 1.11 bits per heavy atom. The first-order valence-corrected chi connectivity index (χ1v) is 9.11. The molecule has 27 heavy (non-hydrogen) atoms. The quantitative estimate of drug-likeness (QED) is 0.698. The van der Waals surface area contributed by atoms with E-state index in [0.717, 1.165) is 16.6 Å². The second-order valence-corrected chi connectivity index (χ2v) is 7.14. The summed E-state index contributed by atoms with van der Waals surface area (Å²) in [6.07, 6.45) is 1.80. The lowest BCUT2D eigenvalue weighted by atomic mass is 10.1. The Bertz CT molecular complexity index is 1050. The number of hydrogen-bond donors (Lipinski definition) is 0. The topological polar surface area (TPSA) is 55.2 Å². The highest BCUT2D eigenvalue weighted by molar-refractivity contribution is 5.80. The van der Waals surface area contributed by atoms with Crippen molar-refractivity contribution in [2.45, 2.75) is 40.3 Å². The van der Waals surface area contributed by atoms with Crippen molar-refractivity contribution < 1.29 is 4.79 Å². The van der Waals surface area contributed by atoms with E-state index < -0.39 is 0 Å². The van der Waals surface area contributed by atoms with Gasteiger partial charge in [0.25, 0.3) is 5.56 Å². The molecular formula is C22H25N3O2. The summed E-state index contributed by atoms with van der Waals surface area (Å²) < 4.78 is 1.52. The summed E-state index contributed by atoms with van der Waals surface area (Å²) in [5, 5.41) is 0.591. The minimum absolute atomic E-state index is 0.00575. The smallest absolute Gasteiger partial charge is 0.261 e. The fourth-order valence-electron chi connectivity index (χ4n) is 3.27. The molecule has 0 saturated carbocycles. The van der Waals surface area contributed by atoms with E-state index >= 15 is 0 Å². The minimum Gasteiger partial charge on any atom is -0.341 e. The van der Waals surface area contributed by atoms with Crippen molar-refractivity contribution in [3.05, 3.63) is 75.3 Å². The van der Waals surface area contributed by atoms with Crippen LogP contribution in [0.2, 0.25) is 0 Å². The minimum atomic E-state index is -0.103. The fraction of sp³-hybridized carbons (Fsp3) is 0.318. The van der Waals surface area contributed by atoms with Gasteiger partial charge in [-0.25, -0.2) is 4.98 Å². The Hall–Kier alpha value is -2.95. The molecule has 0 fully saturated rings. The lowest BCUT2D eigenvalue weighted by molar-refractivity contribution is -0.130. The van der Waals surface area contributed by atoms with E-state index in [1.807, 2.05) is 19.1 Å². The lowest BCUT2D eigenvalue weighted by Crippen LogP contribution is -2.29. The Kier molecular flexibility index (Phi) is 5.40. The van der Waals surface area contributed by atoms with Gasteiger partial charge in [-0.1, -0.05) is 35.9 Å². The molecule has 0 aliphatic heterocycles. The van der Waals surface area contributed by atoms with Gasteiger partial charge in [0.1, 0.15) is 0 Å². The SMILES string of the molecule is Cc1ccc(CN(C)C(=O)CCn2cnc3c(C)cccc3c2=O)c(C)c1. The van der Waals surface area contributed by atoms with Crippen molar-refractivity contribution in [3.8, 4) is 0 Å². The summed E-state index contributed by atoms with van der Waals surface area (Å²) in [4.78, 5) is 31.2. The predicted molar refractivity (Wildman–Crippen MR) is 108 cm³/mol. The standard InChI is InChI=1S/C22H25N3O2/c1-15-8-9-18(17(3)12-15)13-24(4)20(26)10-11-25-14-23-21-16(2)6-5-7-19(21)22(25)27/h5-9,12,14H,10-11,13H2,1-4H3. The predicted octanol–water partition coefficient (Wildman–Crippen LogP) is 3.37.